The molecule has 0 spiro atoms. The van der Waals surface area contributed by atoms with Crippen LogP contribution in [0.1, 0.15) is 17.0 Å². The van der Waals surface area contributed by atoms with Gasteiger partial charge in [-0.3, -0.25) is 14.9 Å². The molecule has 2 aromatic carbocycles. The molecule has 3 aromatic rings. The van der Waals surface area contributed by atoms with E-state index in [9.17, 15) is 19.3 Å². The van der Waals surface area contributed by atoms with Crippen LogP contribution in [0.3, 0.4) is 0 Å². The minimum absolute atomic E-state index is 0.0584. The zero-order chi connectivity index (χ0) is 20.1. The predicted molar refractivity (Wildman–Crippen MR) is 105 cm³/mol. The number of anilines is 1. The number of aromatic amines is 1. The molecule has 0 aliphatic carbocycles. The number of nitro benzene ring substituents is 1. The van der Waals surface area contributed by atoms with Gasteiger partial charge in [0.15, 0.2) is 5.16 Å². The third-order valence-electron chi connectivity index (χ3n) is 3.94. The van der Waals surface area contributed by atoms with Gasteiger partial charge in [0.05, 0.1) is 16.4 Å². The van der Waals surface area contributed by atoms with Crippen molar-refractivity contribution in [2.45, 2.75) is 18.5 Å². The number of amides is 1. The molecule has 0 atom stereocenters. The van der Waals surface area contributed by atoms with Gasteiger partial charge in [-0.05, 0) is 24.6 Å². The fourth-order valence-corrected chi connectivity index (χ4v) is 3.30. The highest BCUT2D eigenvalue weighted by Crippen LogP contribution is 2.23. The molecule has 0 bridgehead atoms. The van der Waals surface area contributed by atoms with Gasteiger partial charge < -0.3 is 10.3 Å². The van der Waals surface area contributed by atoms with Crippen LogP contribution in [0.5, 0.6) is 0 Å². The molecule has 0 radical (unpaired) electrons. The summed E-state index contributed by atoms with van der Waals surface area (Å²) in [6.07, 6.45) is 0.690. The fraction of sp³-hybridized carbons (Fsp3) is 0.158. The predicted octanol–water partition coefficient (Wildman–Crippen LogP) is 4.09. The smallest absolute Gasteiger partial charge is 0.306 e. The van der Waals surface area contributed by atoms with Crippen molar-refractivity contribution in [1.29, 1.82) is 0 Å². The molecule has 144 valence electrons. The molecule has 1 heterocycles. The average Bonchev–Trinajstić information content (AvgIpc) is 3.02. The molecule has 3 rings (SSSR count). The van der Waals surface area contributed by atoms with Crippen LogP contribution >= 0.6 is 11.8 Å². The SMILES string of the molecule is Cc1[nH]c(SCC(=O)Nc2ccc(F)c([N+](=O)[O-])c2)nc1Cc1ccccc1. The Morgan fingerprint density at radius 2 is 2.04 bits per heavy atom. The number of thioether (sulfide) groups is 1. The average molecular weight is 400 g/mol. The van der Waals surface area contributed by atoms with Crippen LogP contribution < -0.4 is 5.32 Å². The number of nitrogens with one attached hydrogen (secondary N) is 2. The minimum atomic E-state index is -0.950. The Hall–Kier alpha value is -3.20. The van der Waals surface area contributed by atoms with Crippen molar-refractivity contribution in [3.63, 3.8) is 0 Å². The maximum Gasteiger partial charge on any atom is 0.306 e. The van der Waals surface area contributed by atoms with E-state index in [1.165, 1.54) is 17.8 Å². The molecule has 0 aliphatic heterocycles. The van der Waals surface area contributed by atoms with Crippen molar-refractivity contribution < 1.29 is 14.1 Å². The minimum Gasteiger partial charge on any atom is -0.337 e. The van der Waals surface area contributed by atoms with Crippen LogP contribution in [0.15, 0.2) is 53.7 Å². The van der Waals surface area contributed by atoms with Crippen molar-refractivity contribution in [2.24, 2.45) is 0 Å². The number of hydrogen-bond donors (Lipinski definition) is 2. The van der Waals surface area contributed by atoms with E-state index >= 15 is 0 Å². The number of halogens is 1. The number of hydrogen-bond acceptors (Lipinski definition) is 5. The first-order valence-electron chi connectivity index (χ1n) is 8.38. The Kier molecular flexibility index (Phi) is 6.05. The van der Waals surface area contributed by atoms with Gasteiger partial charge in [0.25, 0.3) is 0 Å². The van der Waals surface area contributed by atoms with Gasteiger partial charge >= 0.3 is 5.69 Å². The summed E-state index contributed by atoms with van der Waals surface area (Å²) in [6, 6.07) is 13.2. The summed E-state index contributed by atoms with van der Waals surface area (Å²) < 4.78 is 13.4. The monoisotopic (exact) mass is 400 g/mol. The van der Waals surface area contributed by atoms with Gasteiger partial charge in [-0.2, -0.15) is 4.39 Å². The summed E-state index contributed by atoms with van der Waals surface area (Å²) in [7, 11) is 0. The van der Waals surface area contributed by atoms with Crippen LogP contribution in [-0.4, -0.2) is 26.6 Å². The Labute approximate surface area is 164 Å². The van der Waals surface area contributed by atoms with Gasteiger partial charge in [-0.15, -0.1) is 0 Å². The summed E-state index contributed by atoms with van der Waals surface area (Å²) in [5.41, 5.74) is 2.46. The maximum absolute atomic E-state index is 13.4. The van der Waals surface area contributed by atoms with Crippen molar-refractivity contribution in [2.75, 3.05) is 11.1 Å². The lowest BCUT2D eigenvalue weighted by atomic mass is 10.1. The highest BCUT2D eigenvalue weighted by atomic mass is 32.2. The van der Waals surface area contributed by atoms with E-state index in [0.717, 1.165) is 29.1 Å². The van der Waals surface area contributed by atoms with E-state index in [1.54, 1.807) is 0 Å². The molecule has 1 aromatic heterocycles. The number of nitro groups is 1. The highest BCUT2D eigenvalue weighted by molar-refractivity contribution is 7.99. The van der Waals surface area contributed by atoms with E-state index in [4.69, 9.17) is 0 Å². The molecule has 0 saturated carbocycles. The zero-order valence-electron chi connectivity index (χ0n) is 14.9. The molecular formula is C19H17FN4O3S. The third-order valence-corrected chi connectivity index (χ3v) is 4.82. The topological polar surface area (TPSA) is 101 Å². The first-order valence-corrected chi connectivity index (χ1v) is 9.37. The van der Waals surface area contributed by atoms with Gasteiger partial charge in [0.1, 0.15) is 0 Å². The lowest BCUT2D eigenvalue weighted by molar-refractivity contribution is -0.387. The Bertz CT molecular complexity index is 1010. The lowest BCUT2D eigenvalue weighted by Gasteiger charge is -2.04. The van der Waals surface area contributed by atoms with Crippen molar-refractivity contribution >= 4 is 29.0 Å². The highest BCUT2D eigenvalue weighted by Gasteiger charge is 2.16. The summed E-state index contributed by atoms with van der Waals surface area (Å²) in [5.74, 6) is -1.26. The van der Waals surface area contributed by atoms with Gasteiger partial charge in [0, 0.05) is 23.9 Å². The zero-order valence-corrected chi connectivity index (χ0v) is 15.8. The molecule has 2 N–H and O–H groups in total. The summed E-state index contributed by atoms with van der Waals surface area (Å²) >= 11 is 1.22. The first-order chi connectivity index (χ1) is 13.4. The summed E-state index contributed by atoms with van der Waals surface area (Å²) in [5, 5.41) is 13.9. The molecule has 0 fully saturated rings. The van der Waals surface area contributed by atoms with E-state index in [-0.39, 0.29) is 17.3 Å². The molecule has 0 aliphatic rings. The Balaban J connectivity index is 1.58. The Morgan fingerprint density at radius 3 is 2.75 bits per heavy atom. The largest absolute Gasteiger partial charge is 0.337 e. The normalized spacial score (nSPS) is 10.6. The number of carbonyl (C=O) groups is 1. The Morgan fingerprint density at radius 1 is 1.29 bits per heavy atom. The van der Waals surface area contributed by atoms with Gasteiger partial charge in [0.2, 0.25) is 11.7 Å². The number of H-pyrrole nitrogens is 1. The van der Waals surface area contributed by atoms with Crippen LogP contribution in [0.4, 0.5) is 15.8 Å². The van der Waals surface area contributed by atoms with Crippen LogP contribution in [0.2, 0.25) is 0 Å². The molecule has 0 saturated heterocycles. The number of nitrogens with zero attached hydrogens (tertiary/aromatic N) is 2. The summed E-state index contributed by atoms with van der Waals surface area (Å²) in [4.78, 5) is 29.7. The lowest BCUT2D eigenvalue weighted by Crippen LogP contribution is -2.14. The van der Waals surface area contributed by atoms with Crippen molar-refractivity contribution in [3.05, 3.63) is 81.4 Å². The van der Waals surface area contributed by atoms with E-state index in [0.29, 0.717) is 11.6 Å². The summed E-state index contributed by atoms with van der Waals surface area (Å²) in [6.45, 7) is 1.92. The maximum atomic E-state index is 13.4. The molecule has 9 heteroatoms. The second-order valence-electron chi connectivity index (χ2n) is 6.04. The standard InChI is InChI=1S/C19H17FN4O3S/c1-12-16(9-13-5-3-2-4-6-13)23-19(21-12)28-11-18(25)22-14-7-8-15(20)17(10-14)24(26)27/h2-8,10H,9,11H2,1H3,(H,21,23)(H,22,25). The van der Waals surface area contributed by atoms with E-state index in [2.05, 4.69) is 15.3 Å². The second kappa shape index (κ2) is 8.66. The number of aromatic nitrogens is 2. The quantitative estimate of drug-likeness (QED) is 0.353. The van der Waals surface area contributed by atoms with E-state index in [1.807, 2.05) is 37.3 Å². The van der Waals surface area contributed by atoms with E-state index < -0.39 is 16.4 Å². The third kappa shape index (κ3) is 4.95. The van der Waals surface area contributed by atoms with Crippen LogP contribution in [-0.2, 0) is 11.2 Å². The fourth-order valence-electron chi connectivity index (χ4n) is 2.56. The van der Waals surface area contributed by atoms with Gasteiger partial charge in [-0.1, -0.05) is 42.1 Å². The molecule has 7 nitrogen and oxygen atoms in total. The number of carbonyl (C=O) groups excluding carboxylic acids is 1. The second-order valence-corrected chi connectivity index (χ2v) is 7.00. The molecule has 1 amide bonds. The number of benzene rings is 2. The van der Waals surface area contributed by atoms with Crippen molar-refractivity contribution in [3.8, 4) is 0 Å². The molecule has 0 unspecified atom stereocenters. The van der Waals surface area contributed by atoms with Crippen LogP contribution in [0, 0.1) is 22.9 Å². The number of imidazole rings is 1. The van der Waals surface area contributed by atoms with Crippen molar-refractivity contribution in [1.82, 2.24) is 9.97 Å². The van der Waals surface area contributed by atoms with Crippen LogP contribution in [0.25, 0.3) is 0 Å². The first kappa shape index (κ1) is 19.6. The molecule has 28 heavy (non-hydrogen) atoms. The number of rotatable bonds is 7. The molecular weight excluding hydrogens is 383 g/mol. The number of aryl methyl sites for hydroxylation is 1. The van der Waals surface area contributed by atoms with Gasteiger partial charge in [-0.25, -0.2) is 4.98 Å².